The molecule has 2 rings (SSSR count). The van der Waals surface area contributed by atoms with E-state index in [1.54, 1.807) is 13.0 Å². The molecule has 1 heterocycles. The number of carbonyl (C=O) groups is 1. The normalized spacial score (nSPS) is 20.4. The average Bonchev–Trinajstić information content (AvgIpc) is 2.93. The third kappa shape index (κ3) is 4.80. The lowest BCUT2D eigenvalue weighted by Gasteiger charge is -2.32. The Morgan fingerprint density at radius 1 is 1.41 bits per heavy atom. The number of methoxy groups -OCH3 is 1. The van der Waals surface area contributed by atoms with E-state index in [2.05, 4.69) is 5.32 Å². The molecule has 0 bridgehead atoms. The highest BCUT2D eigenvalue weighted by Gasteiger charge is 2.42. The van der Waals surface area contributed by atoms with E-state index < -0.39 is 25.9 Å². The summed E-state index contributed by atoms with van der Waals surface area (Å²) in [4.78, 5) is 11.2. The molecule has 0 aromatic heterocycles. The van der Waals surface area contributed by atoms with Crippen molar-refractivity contribution in [2.75, 3.05) is 23.9 Å². The quantitative estimate of drug-likeness (QED) is 0.721. The maximum atomic E-state index is 13.5. The van der Waals surface area contributed by atoms with Gasteiger partial charge in [0.25, 0.3) is 0 Å². The smallest absolute Gasteiger partial charge is 0.247 e. The number of nitrogens with one attached hydrogen (secondary N) is 1. The van der Waals surface area contributed by atoms with Gasteiger partial charge in [-0.25, -0.2) is 16.8 Å². The largest absolute Gasteiger partial charge is 0.495 e. The first-order chi connectivity index (χ1) is 12.5. The molecule has 1 aliphatic heterocycles. The molecule has 1 N–H and O–H groups in total. The van der Waals surface area contributed by atoms with E-state index in [1.165, 1.54) is 30.5 Å². The van der Waals surface area contributed by atoms with E-state index in [-0.39, 0.29) is 40.5 Å². The van der Waals surface area contributed by atoms with Crippen LogP contribution < -0.4 is 10.1 Å². The molecule has 27 heavy (non-hydrogen) atoms. The summed E-state index contributed by atoms with van der Waals surface area (Å²) >= 11 is 0. The number of benzene rings is 1. The zero-order valence-corrected chi connectivity index (χ0v) is 17.6. The molecule has 8 nitrogen and oxygen atoms in total. The number of nitrogens with zero attached hydrogens (tertiary/aromatic N) is 1. The number of rotatable bonds is 7. The lowest BCUT2D eigenvalue weighted by atomic mass is 10.2. The lowest BCUT2D eigenvalue weighted by molar-refractivity contribution is -0.114. The standard InChI is InChI=1S/C17H26N2O6S2/c1-5-12(2)19(15-8-9-26(21,22)11-15)27(23,24)17-10-14(18-13(3)20)6-7-16(17)25-4/h6-7,10,12,15H,5,8-9,11H2,1-4H3,(H,18,20)/t12-,15-/m0/s1. The zero-order valence-electron chi connectivity index (χ0n) is 15.9. The van der Waals surface area contributed by atoms with Gasteiger partial charge < -0.3 is 10.1 Å². The van der Waals surface area contributed by atoms with Gasteiger partial charge in [0.2, 0.25) is 15.9 Å². The van der Waals surface area contributed by atoms with Gasteiger partial charge >= 0.3 is 0 Å². The maximum Gasteiger partial charge on any atom is 0.247 e. The Hall–Kier alpha value is -1.65. The van der Waals surface area contributed by atoms with Gasteiger partial charge in [0.05, 0.1) is 18.6 Å². The van der Waals surface area contributed by atoms with Gasteiger partial charge in [0, 0.05) is 24.7 Å². The molecule has 1 saturated heterocycles. The average molecular weight is 419 g/mol. The first kappa shape index (κ1) is 21.6. The summed E-state index contributed by atoms with van der Waals surface area (Å²) in [5, 5.41) is 2.56. The molecule has 1 aromatic rings. The Kier molecular flexibility index (Phi) is 6.54. The van der Waals surface area contributed by atoms with E-state index in [4.69, 9.17) is 4.74 Å². The van der Waals surface area contributed by atoms with Crippen molar-refractivity contribution in [3.8, 4) is 5.75 Å². The summed E-state index contributed by atoms with van der Waals surface area (Å²) in [6.45, 7) is 4.93. The van der Waals surface area contributed by atoms with Crippen LogP contribution in [0.25, 0.3) is 0 Å². The molecule has 0 spiro atoms. The molecule has 1 aliphatic rings. The Balaban J connectivity index is 2.56. The number of amides is 1. The summed E-state index contributed by atoms with van der Waals surface area (Å²) in [5.41, 5.74) is 0.324. The predicted molar refractivity (Wildman–Crippen MR) is 103 cm³/mol. The van der Waals surface area contributed by atoms with E-state index >= 15 is 0 Å². The Bertz CT molecular complexity index is 911. The SMILES string of the molecule is CC[C@H](C)N([C@H]1CCS(=O)(=O)C1)S(=O)(=O)c1cc(NC(C)=O)ccc1OC. The van der Waals surface area contributed by atoms with Crippen LogP contribution in [-0.4, -0.2) is 57.7 Å². The summed E-state index contributed by atoms with van der Waals surface area (Å²) in [7, 11) is -5.95. The lowest BCUT2D eigenvalue weighted by Crippen LogP contribution is -2.46. The van der Waals surface area contributed by atoms with Crippen molar-refractivity contribution >= 4 is 31.5 Å². The van der Waals surface area contributed by atoms with Gasteiger partial charge in [0.15, 0.2) is 9.84 Å². The van der Waals surface area contributed by atoms with E-state index in [0.29, 0.717) is 12.1 Å². The molecule has 10 heteroatoms. The van der Waals surface area contributed by atoms with Crippen LogP contribution in [-0.2, 0) is 24.7 Å². The summed E-state index contributed by atoms with van der Waals surface area (Å²) in [6, 6.07) is 3.35. The van der Waals surface area contributed by atoms with Crippen LogP contribution in [0.4, 0.5) is 5.69 Å². The number of sulfone groups is 1. The Morgan fingerprint density at radius 2 is 2.07 bits per heavy atom. The fourth-order valence-corrected chi connectivity index (χ4v) is 7.13. The van der Waals surface area contributed by atoms with Crippen LogP contribution in [0.1, 0.15) is 33.6 Å². The zero-order chi connectivity index (χ0) is 20.4. The molecular weight excluding hydrogens is 392 g/mol. The number of carbonyl (C=O) groups excluding carboxylic acids is 1. The second kappa shape index (κ2) is 8.15. The molecule has 0 radical (unpaired) electrons. The summed E-state index contributed by atoms with van der Waals surface area (Å²) in [6.07, 6.45) is 0.795. The van der Waals surface area contributed by atoms with Crippen LogP contribution in [0.2, 0.25) is 0 Å². The minimum atomic E-state index is -4.05. The molecule has 1 fully saturated rings. The summed E-state index contributed by atoms with van der Waals surface area (Å²) < 4.78 is 57.3. The highest BCUT2D eigenvalue weighted by molar-refractivity contribution is 7.92. The van der Waals surface area contributed by atoms with Crippen molar-refractivity contribution in [1.82, 2.24) is 4.31 Å². The molecule has 2 atom stereocenters. The van der Waals surface area contributed by atoms with E-state index in [1.807, 2.05) is 6.92 Å². The van der Waals surface area contributed by atoms with Gasteiger partial charge in [0.1, 0.15) is 10.6 Å². The van der Waals surface area contributed by atoms with Crippen LogP contribution in [0.5, 0.6) is 5.75 Å². The van der Waals surface area contributed by atoms with Crippen LogP contribution in [0, 0.1) is 0 Å². The van der Waals surface area contributed by atoms with Crippen molar-refractivity contribution in [2.24, 2.45) is 0 Å². The van der Waals surface area contributed by atoms with Crippen LogP contribution in [0.15, 0.2) is 23.1 Å². The minimum Gasteiger partial charge on any atom is -0.495 e. The Morgan fingerprint density at radius 3 is 2.56 bits per heavy atom. The highest BCUT2D eigenvalue weighted by Crippen LogP contribution is 2.34. The van der Waals surface area contributed by atoms with Crippen molar-refractivity contribution in [3.05, 3.63) is 18.2 Å². The molecule has 0 aliphatic carbocycles. The number of hydrogen-bond donors (Lipinski definition) is 1. The van der Waals surface area contributed by atoms with Gasteiger partial charge in [-0.15, -0.1) is 0 Å². The van der Waals surface area contributed by atoms with Crippen LogP contribution in [0.3, 0.4) is 0 Å². The summed E-state index contributed by atoms with van der Waals surface area (Å²) in [5.74, 6) is -0.407. The third-order valence-electron chi connectivity index (χ3n) is 4.63. The first-order valence-corrected chi connectivity index (χ1v) is 12.0. The highest BCUT2D eigenvalue weighted by atomic mass is 32.2. The number of anilines is 1. The number of hydrogen-bond acceptors (Lipinski definition) is 6. The van der Waals surface area contributed by atoms with Gasteiger partial charge in [-0.1, -0.05) is 6.92 Å². The predicted octanol–water partition coefficient (Wildman–Crippen LogP) is 1.63. The molecule has 0 saturated carbocycles. The fraction of sp³-hybridized carbons (Fsp3) is 0.588. The van der Waals surface area contributed by atoms with Gasteiger partial charge in [-0.3, -0.25) is 4.79 Å². The van der Waals surface area contributed by atoms with Gasteiger partial charge in [-0.05, 0) is 38.0 Å². The molecule has 1 amide bonds. The van der Waals surface area contributed by atoms with Crippen molar-refractivity contribution in [2.45, 2.75) is 50.6 Å². The van der Waals surface area contributed by atoms with Crippen molar-refractivity contribution in [3.63, 3.8) is 0 Å². The number of sulfonamides is 1. The van der Waals surface area contributed by atoms with E-state index in [9.17, 15) is 21.6 Å². The molecular formula is C17H26N2O6S2. The maximum absolute atomic E-state index is 13.5. The van der Waals surface area contributed by atoms with Gasteiger partial charge in [-0.2, -0.15) is 4.31 Å². The van der Waals surface area contributed by atoms with Crippen LogP contribution >= 0.6 is 0 Å². The molecule has 152 valence electrons. The second-order valence-corrected chi connectivity index (χ2v) is 10.7. The monoisotopic (exact) mass is 418 g/mol. The third-order valence-corrected chi connectivity index (χ3v) is 8.47. The number of ether oxygens (including phenoxy) is 1. The minimum absolute atomic E-state index is 0.0246. The Labute approximate surface area is 160 Å². The molecule has 0 unspecified atom stereocenters. The van der Waals surface area contributed by atoms with Crippen molar-refractivity contribution < 1.29 is 26.4 Å². The van der Waals surface area contributed by atoms with E-state index in [0.717, 1.165) is 0 Å². The molecule has 1 aromatic carbocycles. The first-order valence-electron chi connectivity index (χ1n) is 8.71. The second-order valence-electron chi connectivity index (χ2n) is 6.70. The fourth-order valence-electron chi connectivity index (χ4n) is 3.22. The van der Waals surface area contributed by atoms with Crippen molar-refractivity contribution in [1.29, 1.82) is 0 Å². The topological polar surface area (TPSA) is 110 Å².